The lowest BCUT2D eigenvalue weighted by Crippen LogP contribution is -2.34. The van der Waals surface area contributed by atoms with Crippen LogP contribution in [0.25, 0.3) is 5.69 Å². The van der Waals surface area contributed by atoms with Crippen LogP contribution in [0.15, 0.2) is 47.1 Å². The number of carbonyl (C=O) groups is 1. The molecule has 1 atom stereocenters. The number of ether oxygens (including phenoxy) is 2. The van der Waals surface area contributed by atoms with Crippen LogP contribution in [0.1, 0.15) is 36.1 Å². The molecule has 1 amide bonds. The van der Waals surface area contributed by atoms with Crippen molar-refractivity contribution in [2.75, 3.05) is 13.1 Å². The maximum atomic E-state index is 13.3. The number of hydrogen-bond acceptors (Lipinski definition) is 6. The summed E-state index contributed by atoms with van der Waals surface area (Å²) in [6.45, 7) is 2.78. The summed E-state index contributed by atoms with van der Waals surface area (Å²) >= 11 is 3.45. The quantitative estimate of drug-likeness (QED) is 0.528. The van der Waals surface area contributed by atoms with Crippen molar-refractivity contribution in [2.24, 2.45) is 0 Å². The van der Waals surface area contributed by atoms with Gasteiger partial charge in [0.1, 0.15) is 11.3 Å². The van der Waals surface area contributed by atoms with E-state index >= 15 is 0 Å². The van der Waals surface area contributed by atoms with Gasteiger partial charge in [0, 0.05) is 17.6 Å². The minimum absolute atomic E-state index is 0.0274. The number of amides is 1. The first kappa shape index (κ1) is 23.7. The number of aromatic nitrogens is 3. The molecular formula is C24H23BrF2N4O4. The summed E-state index contributed by atoms with van der Waals surface area (Å²) in [6, 6.07) is 10.2. The number of alkyl halides is 2. The third kappa shape index (κ3) is 4.87. The van der Waals surface area contributed by atoms with Crippen LogP contribution in [-0.2, 0) is 16.8 Å². The monoisotopic (exact) mass is 548 g/mol. The van der Waals surface area contributed by atoms with Gasteiger partial charge in [0.05, 0.1) is 18.3 Å². The summed E-state index contributed by atoms with van der Waals surface area (Å²) in [5.74, 6) is -0.305. The number of fused-ring (bicyclic) bond motifs is 1. The number of rotatable bonds is 4. The molecule has 35 heavy (non-hydrogen) atoms. The van der Waals surface area contributed by atoms with E-state index in [9.17, 15) is 18.7 Å². The fourth-order valence-electron chi connectivity index (χ4n) is 4.49. The zero-order valence-electron chi connectivity index (χ0n) is 18.9. The van der Waals surface area contributed by atoms with Gasteiger partial charge in [-0.05, 0) is 67.6 Å². The van der Waals surface area contributed by atoms with Crippen molar-refractivity contribution in [1.82, 2.24) is 19.9 Å². The molecule has 3 heterocycles. The summed E-state index contributed by atoms with van der Waals surface area (Å²) in [5, 5.41) is 19.8. The Morgan fingerprint density at radius 1 is 1.14 bits per heavy atom. The molecule has 1 unspecified atom stereocenters. The molecule has 0 radical (unpaired) electrons. The van der Waals surface area contributed by atoms with E-state index in [0.717, 1.165) is 15.7 Å². The van der Waals surface area contributed by atoms with Gasteiger partial charge in [-0.15, -0.1) is 13.9 Å². The molecule has 1 aromatic heterocycles. The second-order valence-electron chi connectivity index (χ2n) is 8.87. The largest absolute Gasteiger partial charge is 0.586 e. The van der Waals surface area contributed by atoms with Gasteiger partial charge < -0.3 is 19.5 Å². The van der Waals surface area contributed by atoms with Crippen molar-refractivity contribution in [3.05, 3.63) is 63.9 Å². The van der Waals surface area contributed by atoms with Crippen LogP contribution in [0, 0.1) is 6.92 Å². The first-order chi connectivity index (χ1) is 16.6. The second-order valence-corrected chi connectivity index (χ2v) is 9.79. The highest BCUT2D eigenvalue weighted by Crippen LogP contribution is 2.41. The molecule has 5 rings (SSSR count). The van der Waals surface area contributed by atoms with Crippen LogP contribution in [0.2, 0.25) is 0 Å². The Morgan fingerprint density at radius 2 is 1.94 bits per heavy atom. The van der Waals surface area contributed by atoms with Crippen LogP contribution in [-0.4, -0.2) is 50.3 Å². The Kier molecular flexibility index (Phi) is 6.00. The molecular weight excluding hydrogens is 526 g/mol. The molecule has 0 aliphatic carbocycles. The van der Waals surface area contributed by atoms with Gasteiger partial charge in [-0.25, -0.2) is 4.68 Å². The van der Waals surface area contributed by atoms with Crippen LogP contribution >= 0.6 is 15.9 Å². The fraction of sp³-hybridized carbons (Fsp3) is 0.375. The third-order valence-corrected chi connectivity index (χ3v) is 6.86. The van der Waals surface area contributed by atoms with E-state index < -0.39 is 11.9 Å². The minimum Gasteiger partial charge on any atom is -0.395 e. The van der Waals surface area contributed by atoms with E-state index in [1.807, 2.05) is 25.1 Å². The van der Waals surface area contributed by atoms with Gasteiger partial charge in [0.2, 0.25) is 5.91 Å². The lowest BCUT2D eigenvalue weighted by atomic mass is 9.92. The lowest BCUT2D eigenvalue weighted by Gasteiger charge is -2.24. The van der Waals surface area contributed by atoms with Gasteiger partial charge in [-0.3, -0.25) is 4.79 Å². The van der Waals surface area contributed by atoms with Gasteiger partial charge in [-0.2, -0.15) is 0 Å². The summed E-state index contributed by atoms with van der Waals surface area (Å²) in [4.78, 5) is 14.6. The van der Waals surface area contributed by atoms with Crippen LogP contribution < -0.4 is 9.47 Å². The van der Waals surface area contributed by atoms with Gasteiger partial charge in [-0.1, -0.05) is 27.2 Å². The third-order valence-electron chi connectivity index (χ3n) is 6.36. The molecule has 0 saturated carbocycles. The summed E-state index contributed by atoms with van der Waals surface area (Å²) < 4.78 is 38.0. The van der Waals surface area contributed by atoms with Crippen LogP contribution in [0.4, 0.5) is 8.78 Å². The Hall–Kier alpha value is -3.05. The maximum Gasteiger partial charge on any atom is 0.586 e. The lowest BCUT2D eigenvalue weighted by molar-refractivity contribution is -0.286. The molecule has 2 aliphatic rings. The van der Waals surface area contributed by atoms with E-state index in [0.29, 0.717) is 43.6 Å². The summed E-state index contributed by atoms with van der Waals surface area (Å²) in [6.07, 6.45) is -0.605. The molecule has 0 bridgehead atoms. The number of likely N-dealkylation sites (tertiary alicyclic amines) is 1. The van der Waals surface area contributed by atoms with Crippen molar-refractivity contribution in [3.63, 3.8) is 0 Å². The Bertz CT molecular complexity index is 1280. The standard InChI is InChI=1S/C24H23BrF2N4O4/c1-15-11-17(25)4-5-18(15)31-14-21(28-29-31)23(33)7-2-9-30(10-8-23)22(32)13-16-3-6-19-20(12-16)35-24(26,27)34-19/h3-6,11-12,14,33H,2,7-10,13H2,1H3. The van der Waals surface area contributed by atoms with Crippen LogP contribution in [0.5, 0.6) is 11.5 Å². The molecule has 8 nitrogen and oxygen atoms in total. The SMILES string of the molecule is Cc1cc(Br)ccc1-n1cc(C2(O)CCCN(C(=O)Cc3ccc4c(c3)OC(F)(F)O4)CC2)nn1. The number of halogens is 3. The minimum atomic E-state index is -3.70. The topological polar surface area (TPSA) is 89.7 Å². The normalized spacial score (nSPS) is 21.1. The fourth-order valence-corrected chi connectivity index (χ4v) is 4.96. The van der Waals surface area contributed by atoms with Gasteiger partial charge >= 0.3 is 6.29 Å². The van der Waals surface area contributed by atoms with Crippen molar-refractivity contribution < 1.29 is 28.2 Å². The first-order valence-electron chi connectivity index (χ1n) is 11.2. The molecule has 1 fully saturated rings. The van der Waals surface area contributed by atoms with Gasteiger partial charge in [0.15, 0.2) is 11.5 Å². The summed E-state index contributed by atoms with van der Waals surface area (Å²) in [5.41, 5.74) is 1.67. The Morgan fingerprint density at radius 3 is 2.74 bits per heavy atom. The molecule has 1 saturated heterocycles. The highest BCUT2D eigenvalue weighted by Gasteiger charge is 2.43. The predicted octanol–water partition coefficient (Wildman–Crippen LogP) is 4.10. The Balaban J connectivity index is 1.25. The predicted molar refractivity (Wildman–Crippen MR) is 124 cm³/mol. The van der Waals surface area contributed by atoms with Crippen molar-refractivity contribution in [1.29, 1.82) is 0 Å². The van der Waals surface area contributed by atoms with E-state index in [-0.39, 0.29) is 23.8 Å². The first-order valence-corrected chi connectivity index (χ1v) is 12.0. The average molecular weight is 549 g/mol. The van der Waals surface area contributed by atoms with E-state index in [1.165, 1.54) is 12.1 Å². The van der Waals surface area contributed by atoms with Crippen molar-refractivity contribution in [3.8, 4) is 17.2 Å². The average Bonchev–Trinajstić information content (AvgIpc) is 3.33. The van der Waals surface area contributed by atoms with Crippen molar-refractivity contribution >= 4 is 21.8 Å². The molecule has 3 aromatic rings. The molecule has 2 aliphatic heterocycles. The van der Waals surface area contributed by atoms with E-state index in [2.05, 4.69) is 35.7 Å². The van der Waals surface area contributed by atoms with Crippen molar-refractivity contribution in [2.45, 2.75) is 44.5 Å². The zero-order valence-corrected chi connectivity index (χ0v) is 20.5. The summed E-state index contributed by atoms with van der Waals surface area (Å²) in [7, 11) is 0. The highest BCUT2D eigenvalue weighted by molar-refractivity contribution is 9.10. The molecule has 184 valence electrons. The molecule has 11 heteroatoms. The van der Waals surface area contributed by atoms with E-state index in [4.69, 9.17) is 0 Å². The highest BCUT2D eigenvalue weighted by atomic mass is 79.9. The molecule has 0 spiro atoms. The number of aryl methyl sites for hydroxylation is 1. The van der Waals surface area contributed by atoms with Crippen LogP contribution in [0.3, 0.4) is 0 Å². The molecule has 1 N–H and O–H groups in total. The number of carbonyl (C=O) groups excluding carboxylic acids is 1. The Labute approximate surface area is 208 Å². The molecule has 2 aromatic carbocycles. The smallest absolute Gasteiger partial charge is 0.395 e. The maximum absolute atomic E-state index is 13.3. The second kappa shape index (κ2) is 8.87. The number of hydrogen-bond donors (Lipinski definition) is 1. The van der Waals surface area contributed by atoms with Gasteiger partial charge in [0.25, 0.3) is 0 Å². The zero-order chi connectivity index (χ0) is 24.8. The van der Waals surface area contributed by atoms with E-state index in [1.54, 1.807) is 21.8 Å². The number of aliphatic hydroxyl groups is 1. The number of nitrogens with zero attached hydrogens (tertiary/aromatic N) is 4. The number of benzene rings is 2.